The van der Waals surface area contributed by atoms with Crippen molar-refractivity contribution in [3.8, 4) is 28.0 Å². The number of aromatic nitrogens is 8. The lowest BCUT2D eigenvalue weighted by molar-refractivity contribution is 0.482. The number of hydrogen-bond acceptors (Lipinski definition) is 7. The van der Waals surface area contributed by atoms with Gasteiger partial charge in [0.05, 0.1) is 32.7 Å². The molecule has 2 N–H and O–H groups in total. The third-order valence-corrected chi connectivity index (χ3v) is 7.79. The van der Waals surface area contributed by atoms with Crippen molar-refractivity contribution in [3.05, 3.63) is 117 Å². The second kappa shape index (κ2) is 12.6. The van der Waals surface area contributed by atoms with Gasteiger partial charge in [-0.05, 0) is 25.0 Å². The second-order valence-electron chi connectivity index (χ2n) is 10.1. The normalized spacial score (nSPS) is 10.9. The molecule has 0 aliphatic rings. The van der Waals surface area contributed by atoms with E-state index in [1.54, 1.807) is 35.1 Å². The zero-order chi connectivity index (χ0) is 30.5. The van der Waals surface area contributed by atoms with Crippen molar-refractivity contribution in [1.29, 1.82) is 0 Å². The molecule has 0 saturated heterocycles. The summed E-state index contributed by atoms with van der Waals surface area (Å²) >= 11 is 13.0. The molecule has 0 aliphatic heterocycles. The lowest BCUT2D eigenvalue weighted by Crippen LogP contribution is -2.12. The Morgan fingerprint density at radius 1 is 0.739 bits per heavy atom. The van der Waals surface area contributed by atoms with Crippen LogP contribution >= 0.6 is 23.2 Å². The standard InChI is InChI=1S/C16H10Cl2N4.C16H12N4O2.2CH4/c1-9-7-12-19-8-11-14(17)13(10-5-3-2-4-6-10)15(18)20-16(11)22(12)21-9;1-9-7-12-17-8-11-14(21)13(10-5-3-2-4-6-10)16(22)18-15(11)20(12)19-9;;/h2-8H,1H3;2-8H,1H3,(H2,18,21,22);2*1H4. The molecule has 0 amide bonds. The maximum absolute atomic E-state index is 12.4. The molecule has 0 bridgehead atoms. The van der Waals surface area contributed by atoms with E-state index in [1.165, 1.54) is 4.52 Å². The van der Waals surface area contributed by atoms with Crippen molar-refractivity contribution >= 4 is 56.6 Å². The summed E-state index contributed by atoms with van der Waals surface area (Å²) in [5.74, 6) is -0.0903. The number of aromatic amines is 1. The molecule has 46 heavy (non-hydrogen) atoms. The highest BCUT2D eigenvalue weighted by molar-refractivity contribution is 6.42. The Balaban J connectivity index is 0.000000174. The quantitative estimate of drug-likeness (QED) is 0.181. The molecule has 8 aromatic rings. The third kappa shape index (κ3) is 5.42. The number of aryl methyl sites for hydroxylation is 2. The van der Waals surface area contributed by atoms with Crippen molar-refractivity contribution in [1.82, 2.24) is 39.2 Å². The highest BCUT2D eigenvalue weighted by Crippen LogP contribution is 2.38. The van der Waals surface area contributed by atoms with Crippen molar-refractivity contribution in [2.75, 3.05) is 0 Å². The number of pyridine rings is 2. The predicted molar refractivity (Wildman–Crippen MR) is 185 cm³/mol. The van der Waals surface area contributed by atoms with E-state index >= 15 is 0 Å². The Bertz CT molecular complexity index is 2420. The minimum Gasteiger partial charge on any atom is -0.506 e. The van der Waals surface area contributed by atoms with Gasteiger partial charge in [0.15, 0.2) is 16.9 Å². The van der Waals surface area contributed by atoms with Crippen LogP contribution in [-0.4, -0.2) is 44.3 Å². The number of aromatic hydroxyl groups is 1. The highest BCUT2D eigenvalue weighted by atomic mass is 35.5. The zero-order valence-electron chi connectivity index (χ0n) is 23.3. The number of benzene rings is 2. The summed E-state index contributed by atoms with van der Waals surface area (Å²) in [4.78, 5) is 28.4. The van der Waals surface area contributed by atoms with Crippen LogP contribution in [0.15, 0.2) is 90.0 Å². The number of H-pyrrole nitrogens is 1. The maximum Gasteiger partial charge on any atom is 0.261 e. The third-order valence-electron chi connectivity index (χ3n) is 7.13. The van der Waals surface area contributed by atoms with E-state index in [4.69, 9.17) is 23.2 Å². The van der Waals surface area contributed by atoms with E-state index in [-0.39, 0.29) is 31.7 Å². The SMILES string of the molecule is C.C.Cc1cc2ncc3c(Cl)c(-c4ccccc4)c(Cl)nc3n2n1.Cc1cc2ncc3c(O)c(-c4ccccc4)c(=O)[nH]c3n2n1. The Morgan fingerprint density at radius 2 is 1.26 bits per heavy atom. The van der Waals surface area contributed by atoms with Crippen molar-refractivity contribution < 1.29 is 5.11 Å². The fourth-order valence-corrected chi connectivity index (χ4v) is 5.81. The molecule has 8 rings (SSSR count). The first-order valence-electron chi connectivity index (χ1n) is 13.5. The van der Waals surface area contributed by atoms with Gasteiger partial charge in [-0.15, -0.1) is 0 Å². The first-order chi connectivity index (χ1) is 21.3. The van der Waals surface area contributed by atoms with Gasteiger partial charge in [0, 0.05) is 30.1 Å². The number of nitrogens with zero attached hydrogens (tertiary/aromatic N) is 7. The smallest absolute Gasteiger partial charge is 0.261 e. The largest absolute Gasteiger partial charge is 0.506 e. The molecule has 10 nitrogen and oxygen atoms in total. The first-order valence-corrected chi connectivity index (χ1v) is 14.3. The molecule has 6 aromatic heterocycles. The summed E-state index contributed by atoms with van der Waals surface area (Å²) in [5, 5.41) is 21.3. The monoisotopic (exact) mass is 652 g/mol. The molecule has 0 aliphatic carbocycles. The molecule has 0 spiro atoms. The molecule has 0 unspecified atom stereocenters. The number of halogens is 2. The molecule has 0 saturated carbocycles. The van der Waals surface area contributed by atoms with Gasteiger partial charge in [0.2, 0.25) is 0 Å². The van der Waals surface area contributed by atoms with Crippen LogP contribution in [0.25, 0.3) is 55.6 Å². The van der Waals surface area contributed by atoms with Crippen LogP contribution in [0, 0.1) is 13.8 Å². The van der Waals surface area contributed by atoms with Crippen LogP contribution in [0.1, 0.15) is 26.2 Å². The fraction of sp³-hybridized carbons (Fsp3) is 0.118. The molecule has 0 atom stereocenters. The van der Waals surface area contributed by atoms with Gasteiger partial charge < -0.3 is 10.1 Å². The molecular formula is C34H30Cl2N8O2. The van der Waals surface area contributed by atoms with Gasteiger partial charge in [-0.2, -0.15) is 19.2 Å². The molecule has 0 fully saturated rings. The van der Waals surface area contributed by atoms with E-state index in [2.05, 4.69) is 30.1 Å². The van der Waals surface area contributed by atoms with Crippen molar-refractivity contribution in [3.63, 3.8) is 0 Å². The Morgan fingerprint density at radius 3 is 1.87 bits per heavy atom. The van der Waals surface area contributed by atoms with Crippen LogP contribution in [0.2, 0.25) is 10.2 Å². The van der Waals surface area contributed by atoms with Crippen LogP contribution < -0.4 is 5.56 Å². The predicted octanol–water partition coefficient (Wildman–Crippen LogP) is 8.08. The summed E-state index contributed by atoms with van der Waals surface area (Å²) in [6.45, 7) is 3.75. The van der Waals surface area contributed by atoms with Crippen LogP contribution in [0.5, 0.6) is 5.75 Å². The Hall–Kier alpha value is -5.32. The fourth-order valence-electron chi connectivity index (χ4n) is 5.15. The maximum atomic E-state index is 12.4. The van der Waals surface area contributed by atoms with Gasteiger partial charge in [0.25, 0.3) is 5.56 Å². The van der Waals surface area contributed by atoms with Gasteiger partial charge in [0.1, 0.15) is 16.5 Å². The molecule has 232 valence electrons. The average Bonchev–Trinajstić information content (AvgIpc) is 3.60. The molecule has 6 heterocycles. The number of rotatable bonds is 2. The molecule has 12 heteroatoms. The Labute approximate surface area is 273 Å². The van der Waals surface area contributed by atoms with Gasteiger partial charge in [-0.3, -0.25) is 4.79 Å². The summed E-state index contributed by atoms with van der Waals surface area (Å²) in [5.41, 5.74) is 6.17. The molecular weight excluding hydrogens is 623 g/mol. The summed E-state index contributed by atoms with van der Waals surface area (Å²) in [6, 6.07) is 22.4. The number of fused-ring (bicyclic) bond motifs is 6. The topological polar surface area (TPSA) is 126 Å². The average molecular weight is 654 g/mol. The van der Waals surface area contributed by atoms with E-state index in [0.717, 1.165) is 28.0 Å². The lowest BCUT2D eigenvalue weighted by atomic mass is 10.1. The van der Waals surface area contributed by atoms with E-state index in [0.29, 0.717) is 43.6 Å². The lowest BCUT2D eigenvalue weighted by Gasteiger charge is -2.10. The minimum absolute atomic E-state index is 0. The van der Waals surface area contributed by atoms with Crippen LogP contribution in [0.3, 0.4) is 0 Å². The van der Waals surface area contributed by atoms with Crippen molar-refractivity contribution in [2.45, 2.75) is 28.7 Å². The van der Waals surface area contributed by atoms with Crippen molar-refractivity contribution in [2.24, 2.45) is 0 Å². The van der Waals surface area contributed by atoms with E-state index < -0.39 is 0 Å². The zero-order valence-corrected chi connectivity index (χ0v) is 24.8. The Kier molecular flexibility index (Phi) is 8.78. The van der Waals surface area contributed by atoms with E-state index in [9.17, 15) is 9.90 Å². The first kappa shape index (κ1) is 32.1. The number of nitrogens with one attached hydrogen (secondary N) is 1. The molecule has 2 aromatic carbocycles. The summed E-state index contributed by atoms with van der Waals surface area (Å²) < 4.78 is 3.19. The van der Waals surface area contributed by atoms with Crippen LogP contribution in [0.4, 0.5) is 0 Å². The summed E-state index contributed by atoms with van der Waals surface area (Å²) in [7, 11) is 0. The van der Waals surface area contributed by atoms with Gasteiger partial charge in [-0.25, -0.2) is 15.0 Å². The summed E-state index contributed by atoms with van der Waals surface area (Å²) in [6.07, 6.45) is 3.26. The highest BCUT2D eigenvalue weighted by Gasteiger charge is 2.18. The second-order valence-corrected chi connectivity index (χ2v) is 10.9. The van der Waals surface area contributed by atoms with E-state index in [1.807, 2.05) is 68.4 Å². The van der Waals surface area contributed by atoms with Gasteiger partial charge >= 0.3 is 0 Å². The van der Waals surface area contributed by atoms with Crippen LogP contribution in [-0.2, 0) is 0 Å². The van der Waals surface area contributed by atoms with Gasteiger partial charge in [-0.1, -0.05) is 98.7 Å². The molecule has 0 radical (unpaired) electrons. The minimum atomic E-state index is -0.364. The number of hydrogen-bond donors (Lipinski definition) is 2.